The van der Waals surface area contributed by atoms with Gasteiger partial charge in [0.1, 0.15) is 5.54 Å². The van der Waals surface area contributed by atoms with E-state index >= 15 is 0 Å². The van der Waals surface area contributed by atoms with Crippen molar-refractivity contribution in [2.75, 3.05) is 26.2 Å². The maximum absolute atomic E-state index is 12.8. The van der Waals surface area contributed by atoms with Crippen LogP contribution < -0.4 is 5.32 Å². The van der Waals surface area contributed by atoms with Crippen LogP contribution in [0.5, 0.6) is 0 Å². The molecule has 2 saturated carbocycles. The highest BCUT2D eigenvalue weighted by molar-refractivity contribution is 5.82. The third-order valence-electron chi connectivity index (χ3n) is 5.12. The van der Waals surface area contributed by atoms with E-state index in [4.69, 9.17) is 4.74 Å². The molecule has 1 saturated heterocycles. The summed E-state index contributed by atoms with van der Waals surface area (Å²) < 4.78 is 5.48. The number of carbonyl (C=O) groups is 1. The van der Waals surface area contributed by atoms with Crippen molar-refractivity contribution in [3.63, 3.8) is 0 Å². The molecule has 1 unspecified atom stereocenters. The summed E-state index contributed by atoms with van der Waals surface area (Å²) in [5, 5.41) is 3.70. The van der Waals surface area contributed by atoms with Gasteiger partial charge in [0.15, 0.2) is 0 Å². The predicted molar refractivity (Wildman–Crippen MR) is 83.2 cm³/mol. The highest BCUT2D eigenvalue weighted by atomic mass is 16.5. The Labute approximate surface area is 128 Å². The van der Waals surface area contributed by atoms with Crippen LogP contribution in [0.15, 0.2) is 0 Å². The fourth-order valence-electron chi connectivity index (χ4n) is 3.66. The number of hydrogen-bond donors (Lipinski definition) is 1. The Balaban J connectivity index is 1.73. The van der Waals surface area contributed by atoms with Crippen LogP contribution in [0, 0.1) is 5.92 Å². The lowest BCUT2D eigenvalue weighted by atomic mass is 9.91. The molecule has 1 N–H and O–H groups in total. The molecule has 0 aromatic rings. The molecule has 120 valence electrons. The molecule has 1 atom stereocenters. The van der Waals surface area contributed by atoms with E-state index in [-0.39, 0.29) is 5.97 Å². The average Bonchev–Trinajstić information content (AvgIpc) is 3.30. The van der Waals surface area contributed by atoms with Gasteiger partial charge in [-0.05, 0) is 64.5 Å². The van der Waals surface area contributed by atoms with E-state index in [0.29, 0.717) is 18.6 Å². The number of esters is 1. The maximum atomic E-state index is 12.8. The topological polar surface area (TPSA) is 41.6 Å². The fourth-order valence-corrected chi connectivity index (χ4v) is 3.66. The van der Waals surface area contributed by atoms with Gasteiger partial charge in [-0.3, -0.25) is 5.32 Å². The molecule has 0 bridgehead atoms. The standard InChI is InChI=1S/C17H30N2O2/c1-2-21-16(20)17(14-7-8-14,18-15-9-10-15)13-19-11-5-3-4-6-12-19/h14-15,18H,2-13H2,1H3. The Bertz CT molecular complexity index is 358. The number of carbonyl (C=O) groups excluding carboxylic acids is 1. The maximum Gasteiger partial charge on any atom is 0.327 e. The van der Waals surface area contributed by atoms with Gasteiger partial charge in [-0.2, -0.15) is 0 Å². The summed E-state index contributed by atoms with van der Waals surface area (Å²) in [7, 11) is 0. The minimum absolute atomic E-state index is 0.00338. The number of nitrogens with one attached hydrogen (secondary N) is 1. The van der Waals surface area contributed by atoms with Gasteiger partial charge in [0.05, 0.1) is 6.61 Å². The third kappa shape index (κ3) is 3.78. The number of nitrogens with zero attached hydrogens (tertiary/aromatic N) is 1. The van der Waals surface area contributed by atoms with E-state index in [1.807, 2.05) is 6.92 Å². The molecule has 0 amide bonds. The summed E-state index contributed by atoms with van der Waals surface area (Å²) in [6, 6.07) is 0.544. The van der Waals surface area contributed by atoms with Crippen LogP contribution in [0.1, 0.15) is 58.3 Å². The van der Waals surface area contributed by atoms with Crippen LogP contribution in [0.25, 0.3) is 0 Å². The largest absolute Gasteiger partial charge is 0.465 e. The minimum Gasteiger partial charge on any atom is -0.465 e. The van der Waals surface area contributed by atoms with Crippen molar-refractivity contribution >= 4 is 5.97 Å². The average molecular weight is 294 g/mol. The van der Waals surface area contributed by atoms with Gasteiger partial charge >= 0.3 is 5.97 Å². The normalized spacial score (nSPS) is 26.9. The molecule has 2 aliphatic carbocycles. The van der Waals surface area contributed by atoms with E-state index in [0.717, 1.165) is 19.6 Å². The summed E-state index contributed by atoms with van der Waals surface area (Å²) in [5.41, 5.74) is -0.429. The fraction of sp³-hybridized carbons (Fsp3) is 0.941. The molecule has 3 fully saturated rings. The van der Waals surface area contributed by atoms with Crippen molar-refractivity contribution in [1.29, 1.82) is 0 Å². The zero-order chi connectivity index (χ0) is 14.7. The molecule has 1 heterocycles. The quantitative estimate of drug-likeness (QED) is 0.732. The van der Waals surface area contributed by atoms with Crippen LogP contribution in [0.2, 0.25) is 0 Å². The number of ether oxygens (including phenoxy) is 1. The van der Waals surface area contributed by atoms with E-state index < -0.39 is 5.54 Å². The van der Waals surface area contributed by atoms with Crippen LogP contribution in [0.3, 0.4) is 0 Å². The molecule has 4 nitrogen and oxygen atoms in total. The lowest BCUT2D eigenvalue weighted by Crippen LogP contribution is -2.62. The van der Waals surface area contributed by atoms with Crippen molar-refractivity contribution < 1.29 is 9.53 Å². The van der Waals surface area contributed by atoms with E-state index in [1.165, 1.54) is 51.4 Å². The lowest BCUT2D eigenvalue weighted by Gasteiger charge is -2.37. The number of hydrogen-bond acceptors (Lipinski definition) is 4. The van der Waals surface area contributed by atoms with E-state index in [9.17, 15) is 4.79 Å². The molecule has 0 aromatic heterocycles. The molecule has 1 aliphatic heterocycles. The second-order valence-corrected chi connectivity index (χ2v) is 7.08. The smallest absolute Gasteiger partial charge is 0.327 e. The first-order chi connectivity index (χ1) is 10.2. The molecular weight excluding hydrogens is 264 g/mol. The van der Waals surface area contributed by atoms with Gasteiger partial charge in [-0.15, -0.1) is 0 Å². The van der Waals surface area contributed by atoms with E-state index in [2.05, 4.69) is 10.2 Å². The van der Waals surface area contributed by atoms with Gasteiger partial charge in [-0.25, -0.2) is 4.79 Å². The highest BCUT2D eigenvalue weighted by Gasteiger charge is 2.54. The SMILES string of the molecule is CCOC(=O)C(CN1CCCCCC1)(NC1CC1)C1CC1. The van der Waals surface area contributed by atoms with Crippen LogP contribution in [0.4, 0.5) is 0 Å². The molecule has 3 rings (SSSR count). The molecule has 0 spiro atoms. The molecule has 4 heteroatoms. The third-order valence-corrected chi connectivity index (χ3v) is 5.12. The van der Waals surface area contributed by atoms with Crippen LogP contribution >= 0.6 is 0 Å². The summed E-state index contributed by atoms with van der Waals surface area (Å²) >= 11 is 0. The van der Waals surface area contributed by atoms with Gasteiger partial charge in [0.25, 0.3) is 0 Å². The minimum atomic E-state index is -0.429. The number of rotatable bonds is 7. The van der Waals surface area contributed by atoms with Crippen molar-refractivity contribution in [1.82, 2.24) is 10.2 Å². The first-order valence-corrected chi connectivity index (χ1v) is 8.92. The summed E-state index contributed by atoms with van der Waals surface area (Å²) in [6.45, 7) is 5.53. The van der Waals surface area contributed by atoms with Crippen molar-refractivity contribution in [2.24, 2.45) is 5.92 Å². The molecule has 0 aromatic carbocycles. The Morgan fingerprint density at radius 1 is 1.14 bits per heavy atom. The van der Waals surface area contributed by atoms with Crippen molar-refractivity contribution in [2.45, 2.75) is 69.9 Å². The first kappa shape index (κ1) is 15.3. The summed E-state index contributed by atoms with van der Waals surface area (Å²) in [4.78, 5) is 15.3. The van der Waals surface area contributed by atoms with Crippen molar-refractivity contribution in [3.05, 3.63) is 0 Å². The predicted octanol–water partition coefficient (Wildman–Crippen LogP) is 2.33. The van der Waals surface area contributed by atoms with Crippen LogP contribution in [-0.2, 0) is 9.53 Å². The molecule has 21 heavy (non-hydrogen) atoms. The Kier molecular flexibility index (Phi) is 4.85. The Hall–Kier alpha value is -0.610. The zero-order valence-electron chi connectivity index (χ0n) is 13.4. The van der Waals surface area contributed by atoms with Gasteiger partial charge in [-0.1, -0.05) is 12.8 Å². The molecule has 3 aliphatic rings. The first-order valence-electron chi connectivity index (χ1n) is 8.92. The van der Waals surface area contributed by atoms with E-state index in [1.54, 1.807) is 0 Å². The molecular formula is C17H30N2O2. The Morgan fingerprint density at radius 3 is 2.33 bits per heavy atom. The highest BCUT2D eigenvalue weighted by Crippen LogP contribution is 2.43. The monoisotopic (exact) mass is 294 g/mol. The zero-order valence-corrected chi connectivity index (χ0v) is 13.4. The van der Waals surface area contributed by atoms with Gasteiger partial charge < -0.3 is 9.64 Å². The second-order valence-electron chi connectivity index (χ2n) is 7.08. The van der Waals surface area contributed by atoms with Gasteiger partial charge in [0, 0.05) is 12.6 Å². The van der Waals surface area contributed by atoms with Crippen molar-refractivity contribution in [3.8, 4) is 0 Å². The second kappa shape index (κ2) is 6.66. The van der Waals surface area contributed by atoms with Crippen LogP contribution in [-0.4, -0.2) is 48.7 Å². The summed E-state index contributed by atoms with van der Waals surface area (Å²) in [5.74, 6) is 0.490. The summed E-state index contributed by atoms with van der Waals surface area (Å²) in [6.07, 6.45) is 9.99. The van der Waals surface area contributed by atoms with Gasteiger partial charge in [0.2, 0.25) is 0 Å². The lowest BCUT2D eigenvalue weighted by molar-refractivity contribution is -0.153. The number of likely N-dealkylation sites (tertiary alicyclic amines) is 1. The molecule has 0 radical (unpaired) electrons. The Morgan fingerprint density at radius 2 is 1.81 bits per heavy atom.